The molecule has 0 amide bonds. The van der Waals surface area contributed by atoms with Gasteiger partial charge in [0.25, 0.3) is 5.88 Å². The van der Waals surface area contributed by atoms with E-state index in [0.29, 0.717) is 6.42 Å². The molecule has 2 N–H and O–H groups in total. The Morgan fingerprint density at radius 3 is 3.00 bits per heavy atom. The van der Waals surface area contributed by atoms with E-state index in [-0.39, 0.29) is 18.3 Å². The fourth-order valence-electron chi connectivity index (χ4n) is 0.892. The van der Waals surface area contributed by atoms with E-state index in [0.717, 1.165) is 6.33 Å². The van der Waals surface area contributed by atoms with Crippen molar-refractivity contribution in [2.45, 2.75) is 6.42 Å². The van der Waals surface area contributed by atoms with Gasteiger partial charge < -0.3 is 10.5 Å². The van der Waals surface area contributed by atoms with Gasteiger partial charge in [-0.2, -0.15) is 4.98 Å². The van der Waals surface area contributed by atoms with Crippen LogP contribution in [-0.2, 0) is 0 Å². The molecule has 0 bridgehead atoms. The van der Waals surface area contributed by atoms with E-state index in [1.807, 2.05) is 0 Å². The van der Waals surface area contributed by atoms with Gasteiger partial charge in [-0.3, -0.25) is 10.1 Å². The Labute approximate surface area is 85.7 Å². The zero-order chi connectivity index (χ0) is 11.3. The van der Waals surface area contributed by atoms with Crippen LogP contribution in [0.3, 0.4) is 0 Å². The molecule has 1 rings (SSSR count). The molecular formula is C8H10N4O3. The maximum Gasteiger partial charge on any atom is 0.372 e. The van der Waals surface area contributed by atoms with Crippen LogP contribution in [0.25, 0.3) is 0 Å². The molecule has 0 aliphatic rings. The molecular weight excluding hydrogens is 200 g/mol. The molecule has 0 fully saturated rings. The highest BCUT2D eigenvalue weighted by atomic mass is 16.6. The van der Waals surface area contributed by atoms with Crippen LogP contribution in [0, 0.1) is 10.1 Å². The number of nitrogens with two attached hydrogens (primary N) is 1. The van der Waals surface area contributed by atoms with Crippen LogP contribution in [-0.4, -0.2) is 21.5 Å². The van der Waals surface area contributed by atoms with Gasteiger partial charge in [-0.15, -0.1) is 6.58 Å². The SMILES string of the molecule is C=CCCOc1ncnc(N)c1[N+](=O)[O-]. The van der Waals surface area contributed by atoms with Gasteiger partial charge in [0.2, 0.25) is 5.82 Å². The van der Waals surface area contributed by atoms with E-state index in [1.165, 1.54) is 0 Å². The topological polar surface area (TPSA) is 104 Å². The highest BCUT2D eigenvalue weighted by Gasteiger charge is 2.21. The lowest BCUT2D eigenvalue weighted by Crippen LogP contribution is -2.05. The Balaban J connectivity index is 2.90. The van der Waals surface area contributed by atoms with Crippen molar-refractivity contribution < 1.29 is 9.66 Å². The number of rotatable bonds is 5. The van der Waals surface area contributed by atoms with Gasteiger partial charge in [0.05, 0.1) is 11.5 Å². The molecule has 0 radical (unpaired) electrons. The summed E-state index contributed by atoms with van der Waals surface area (Å²) >= 11 is 0. The minimum Gasteiger partial charge on any atom is -0.472 e. The predicted molar refractivity (Wildman–Crippen MR) is 53.4 cm³/mol. The smallest absolute Gasteiger partial charge is 0.372 e. The van der Waals surface area contributed by atoms with Gasteiger partial charge >= 0.3 is 5.69 Å². The molecule has 7 heteroatoms. The first kappa shape index (κ1) is 10.9. The molecule has 0 unspecified atom stereocenters. The van der Waals surface area contributed by atoms with Crippen LogP contribution < -0.4 is 10.5 Å². The first-order valence-electron chi connectivity index (χ1n) is 4.15. The number of anilines is 1. The van der Waals surface area contributed by atoms with Crippen molar-refractivity contribution in [1.29, 1.82) is 0 Å². The molecule has 0 aliphatic carbocycles. The van der Waals surface area contributed by atoms with Crippen molar-refractivity contribution in [3.63, 3.8) is 0 Å². The highest BCUT2D eigenvalue weighted by molar-refractivity contribution is 5.57. The summed E-state index contributed by atoms with van der Waals surface area (Å²) in [6.07, 6.45) is 3.32. The lowest BCUT2D eigenvalue weighted by Gasteiger charge is -2.04. The van der Waals surface area contributed by atoms with Gasteiger partial charge in [-0.05, 0) is 6.42 Å². The zero-order valence-corrected chi connectivity index (χ0v) is 7.92. The fourth-order valence-corrected chi connectivity index (χ4v) is 0.892. The van der Waals surface area contributed by atoms with Crippen molar-refractivity contribution >= 4 is 11.5 Å². The third-order valence-electron chi connectivity index (χ3n) is 1.56. The maximum absolute atomic E-state index is 10.6. The van der Waals surface area contributed by atoms with Gasteiger partial charge in [0.1, 0.15) is 6.33 Å². The van der Waals surface area contributed by atoms with Crippen LogP contribution >= 0.6 is 0 Å². The molecule has 0 saturated heterocycles. The molecule has 1 heterocycles. The summed E-state index contributed by atoms with van der Waals surface area (Å²) in [5.74, 6) is -0.321. The van der Waals surface area contributed by atoms with E-state index in [4.69, 9.17) is 10.5 Å². The first-order valence-corrected chi connectivity index (χ1v) is 4.15. The Morgan fingerprint density at radius 2 is 2.40 bits per heavy atom. The Morgan fingerprint density at radius 1 is 1.67 bits per heavy atom. The molecule has 15 heavy (non-hydrogen) atoms. The second-order valence-electron chi connectivity index (χ2n) is 2.60. The summed E-state index contributed by atoms with van der Waals surface area (Å²) in [5, 5.41) is 10.6. The van der Waals surface area contributed by atoms with E-state index in [2.05, 4.69) is 16.5 Å². The number of nitrogens with zero attached hydrogens (tertiary/aromatic N) is 3. The second kappa shape index (κ2) is 4.89. The van der Waals surface area contributed by atoms with Crippen LogP contribution in [0.4, 0.5) is 11.5 Å². The van der Waals surface area contributed by atoms with Gasteiger partial charge in [0, 0.05) is 0 Å². The molecule has 0 spiro atoms. The summed E-state index contributed by atoms with van der Waals surface area (Å²) < 4.78 is 5.08. The summed E-state index contributed by atoms with van der Waals surface area (Å²) in [5.41, 5.74) is 4.93. The molecule has 1 aromatic rings. The quantitative estimate of drug-likeness (QED) is 0.335. The molecule has 0 aliphatic heterocycles. The third kappa shape index (κ3) is 2.63. The summed E-state index contributed by atoms with van der Waals surface area (Å²) in [7, 11) is 0. The molecule has 1 aromatic heterocycles. The number of hydrogen-bond donors (Lipinski definition) is 1. The van der Waals surface area contributed by atoms with Gasteiger partial charge in [0.15, 0.2) is 0 Å². The van der Waals surface area contributed by atoms with Crippen molar-refractivity contribution in [2.75, 3.05) is 12.3 Å². The Bertz CT molecular complexity index is 380. The van der Waals surface area contributed by atoms with Gasteiger partial charge in [-0.25, -0.2) is 4.98 Å². The number of nitrogen functional groups attached to an aromatic ring is 1. The predicted octanol–water partition coefficient (Wildman–Crippen LogP) is 0.922. The molecule has 0 aromatic carbocycles. The number of ether oxygens (including phenoxy) is 1. The van der Waals surface area contributed by atoms with Crippen molar-refractivity contribution in [3.8, 4) is 5.88 Å². The van der Waals surface area contributed by atoms with E-state index < -0.39 is 10.6 Å². The minimum atomic E-state index is -0.668. The average molecular weight is 210 g/mol. The van der Waals surface area contributed by atoms with E-state index in [1.54, 1.807) is 6.08 Å². The summed E-state index contributed by atoms with van der Waals surface area (Å²) in [6.45, 7) is 3.76. The largest absolute Gasteiger partial charge is 0.472 e. The van der Waals surface area contributed by atoms with Crippen LogP contribution in [0.5, 0.6) is 5.88 Å². The standard InChI is InChI=1S/C8H10N4O3/c1-2-3-4-15-8-6(12(13)14)7(9)10-5-11-8/h2,5H,1,3-4H2,(H2,9,10,11). The molecule has 0 atom stereocenters. The normalized spacial score (nSPS) is 9.60. The third-order valence-corrected chi connectivity index (χ3v) is 1.56. The zero-order valence-electron chi connectivity index (χ0n) is 7.92. The lowest BCUT2D eigenvalue weighted by molar-refractivity contribution is -0.385. The molecule has 0 saturated carbocycles. The van der Waals surface area contributed by atoms with Crippen LogP contribution in [0.1, 0.15) is 6.42 Å². The summed E-state index contributed by atoms with van der Waals surface area (Å²) in [6, 6.07) is 0. The maximum atomic E-state index is 10.6. The molecule has 7 nitrogen and oxygen atoms in total. The minimum absolute atomic E-state index is 0.116. The van der Waals surface area contributed by atoms with E-state index >= 15 is 0 Å². The summed E-state index contributed by atoms with van der Waals surface area (Å²) in [4.78, 5) is 17.1. The van der Waals surface area contributed by atoms with Crippen molar-refractivity contribution in [2.24, 2.45) is 0 Å². The van der Waals surface area contributed by atoms with Crippen LogP contribution in [0.15, 0.2) is 19.0 Å². The van der Waals surface area contributed by atoms with E-state index in [9.17, 15) is 10.1 Å². The number of aromatic nitrogens is 2. The number of hydrogen-bond acceptors (Lipinski definition) is 6. The van der Waals surface area contributed by atoms with Gasteiger partial charge in [-0.1, -0.05) is 6.08 Å². The van der Waals surface area contributed by atoms with Crippen molar-refractivity contribution in [3.05, 3.63) is 29.1 Å². The van der Waals surface area contributed by atoms with Crippen molar-refractivity contribution in [1.82, 2.24) is 9.97 Å². The lowest BCUT2D eigenvalue weighted by atomic mass is 10.4. The molecule has 80 valence electrons. The first-order chi connectivity index (χ1) is 7.16. The van der Waals surface area contributed by atoms with Crippen LogP contribution in [0.2, 0.25) is 0 Å². The fraction of sp³-hybridized carbons (Fsp3) is 0.250. The monoisotopic (exact) mass is 210 g/mol. The average Bonchev–Trinajstić information content (AvgIpc) is 2.17. The second-order valence-corrected chi connectivity index (χ2v) is 2.60. The Kier molecular flexibility index (Phi) is 3.55. The Hall–Kier alpha value is -2.18. The number of nitro groups is 1. The highest BCUT2D eigenvalue weighted by Crippen LogP contribution is 2.28.